The third kappa shape index (κ3) is 3.38. The summed E-state index contributed by atoms with van der Waals surface area (Å²) in [6.45, 7) is 0. The highest BCUT2D eigenvalue weighted by Crippen LogP contribution is 2.32. The van der Waals surface area contributed by atoms with Crippen molar-refractivity contribution < 1.29 is 24.0 Å². The molecular formula is C14H14N2O6. The molecule has 0 aliphatic heterocycles. The van der Waals surface area contributed by atoms with Gasteiger partial charge >= 0.3 is 11.9 Å². The summed E-state index contributed by atoms with van der Waals surface area (Å²) in [5.74, 6) is -1.42. The van der Waals surface area contributed by atoms with Gasteiger partial charge in [0.25, 0.3) is 5.69 Å². The molecular weight excluding hydrogens is 292 g/mol. The third-order valence-electron chi connectivity index (χ3n) is 3.23. The highest BCUT2D eigenvalue weighted by atomic mass is 16.6. The van der Waals surface area contributed by atoms with E-state index in [1.807, 2.05) is 6.07 Å². The molecule has 0 fully saturated rings. The molecule has 0 aliphatic rings. The zero-order valence-corrected chi connectivity index (χ0v) is 12.1. The normalized spacial score (nSPS) is 12.6. The van der Waals surface area contributed by atoms with Gasteiger partial charge in [-0.05, 0) is 12.0 Å². The minimum Gasteiger partial charge on any atom is -0.469 e. The van der Waals surface area contributed by atoms with Crippen LogP contribution in [0.2, 0.25) is 0 Å². The number of nitro benzene ring substituents is 1. The molecule has 0 saturated heterocycles. The van der Waals surface area contributed by atoms with Gasteiger partial charge in [0.05, 0.1) is 25.2 Å². The lowest BCUT2D eigenvalue weighted by Gasteiger charge is -2.23. The van der Waals surface area contributed by atoms with Crippen LogP contribution < -0.4 is 0 Å². The van der Waals surface area contributed by atoms with E-state index >= 15 is 0 Å². The molecule has 1 aromatic carbocycles. The van der Waals surface area contributed by atoms with Crippen LogP contribution in [-0.2, 0) is 24.5 Å². The fourth-order valence-electron chi connectivity index (χ4n) is 1.96. The lowest BCUT2D eigenvalue weighted by Crippen LogP contribution is -2.36. The largest absolute Gasteiger partial charge is 0.469 e. The number of rotatable bonds is 6. The molecule has 0 saturated carbocycles. The summed E-state index contributed by atoms with van der Waals surface area (Å²) >= 11 is 0. The van der Waals surface area contributed by atoms with Crippen molar-refractivity contribution in [2.24, 2.45) is 0 Å². The van der Waals surface area contributed by atoms with Crippen molar-refractivity contribution in [2.75, 3.05) is 14.2 Å². The molecule has 1 aromatic rings. The van der Waals surface area contributed by atoms with E-state index in [2.05, 4.69) is 9.47 Å². The van der Waals surface area contributed by atoms with Crippen LogP contribution in [0.4, 0.5) is 5.69 Å². The summed E-state index contributed by atoms with van der Waals surface area (Å²) in [5.41, 5.74) is -1.68. The van der Waals surface area contributed by atoms with Crippen LogP contribution in [0.5, 0.6) is 0 Å². The van der Waals surface area contributed by atoms with E-state index in [1.54, 1.807) is 0 Å². The Morgan fingerprint density at radius 3 is 2.27 bits per heavy atom. The smallest absolute Gasteiger partial charge is 0.330 e. The van der Waals surface area contributed by atoms with Crippen LogP contribution in [0.25, 0.3) is 0 Å². The number of non-ortho nitro benzene ring substituents is 1. The van der Waals surface area contributed by atoms with Crippen molar-refractivity contribution >= 4 is 17.6 Å². The number of carbonyl (C=O) groups is 2. The van der Waals surface area contributed by atoms with Crippen LogP contribution in [0.15, 0.2) is 24.3 Å². The average molecular weight is 306 g/mol. The molecule has 0 spiro atoms. The number of nitro groups is 1. The average Bonchev–Trinajstić information content (AvgIpc) is 2.55. The van der Waals surface area contributed by atoms with E-state index in [0.717, 1.165) is 7.11 Å². The van der Waals surface area contributed by atoms with E-state index in [9.17, 15) is 25.0 Å². The van der Waals surface area contributed by atoms with Crippen LogP contribution in [0.3, 0.4) is 0 Å². The SMILES string of the molecule is COC(=O)CCC(C#N)(C(=O)OC)c1ccc([N+](=O)[O-])cc1. The first-order valence-electron chi connectivity index (χ1n) is 6.22. The van der Waals surface area contributed by atoms with Gasteiger partial charge in [-0.25, -0.2) is 4.79 Å². The number of nitriles is 1. The number of hydrogen-bond acceptors (Lipinski definition) is 7. The number of hydrogen-bond donors (Lipinski definition) is 0. The van der Waals surface area contributed by atoms with Gasteiger partial charge in [-0.15, -0.1) is 0 Å². The summed E-state index contributed by atoms with van der Waals surface area (Å²) in [6, 6.07) is 6.83. The quantitative estimate of drug-likeness (QED) is 0.443. The molecule has 8 heteroatoms. The molecule has 0 aromatic heterocycles. The van der Waals surface area contributed by atoms with Crippen molar-refractivity contribution in [3.05, 3.63) is 39.9 Å². The fraction of sp³-hybridized carbons (Fsp3) is 0.357. The maximum absolute atomic E-state index is 12.1. The molecule has 0 bridgehead atoms. The number of carbonyl (C=O) groups excluding carboxylic acids is 2. The molecule has 1 rings (SSSR count). The Hall–Kier alpha value is -2.95. The van der Waals surface area contributed by atoms with Gasteiger partial charge in [0, 0.05) is 18.6 Å². The fourth-order valence-corrected chi connectivity index (χ4v) is 1.96. The van der Waals surface area contributed by atoms with Gasteiger partial charge in [0.15, 0.2) is 5.41 Å². The molecule has 116 valence electrons. The first-order valence-corrected chi connectivity index (χ1v) is 6.22. The Morgan fingerprint density at radius 1 is 1.27 bits per heavy atom. The minimum absolute atomic E-state index is 0.152. The number of esters is 2. The number of ether oxygens (including phenoxy) is 2. The first kappa shape index (κ1) is 17.1. The number of methoxy groups -OCH3 is 2. The third-order valence-corrected chi connectivity index (χ3v) is 3.23. The summed E-state index contributed by atoms with van der Waals surface area (Å²) in [6.07, 6.45) is -0.323. The Bertz CT molecular complexity index is 619. The van der Waals surface area contributed by atoms with Gasteiger partial charge in [0.2, 0.25) is 0 Å². The zero-order chi connectivity index (χ0) is 16.8. The monoisotopic (exact) mass is 306 g/mol. The summed E-state index contributed by atoms with van der Waals surface area (Å²) in [5, 5.41) is 20.1. The highest BCUT2D eigenvalue weighted by Gasteiger charge is 2.42. The maximum Gasteiger partial charge on any atom is 0.330 e. The van der Waals surface area contributed by atoms with Gasteiger partial charge in [-0.1, -0.05) is 12.1 Å². The predicted molar refractivity (Wildman–Crippen MR) is 73.7 cm³/mol. The molecule has 1 unspecified atom stereocenters. The van der Waals surface area contributed by atoms with E-state index in [1.165, 1.54) is 31.4 Å². The van der Waals surface area contributed by atoms with Crippen molar-refractivity contribution in [3.8, 4) is 6.07 Å². The standard InChI is InChI=1S/C14H14N2O6/c1-21-12(17)7-8-14(9-15,13(18)22-2)10-3-5-11(6-4-10)16(19)20/h3-6H,7-8H2,1-2H3. The molecule has 22 heavy (non-hydrogen) atoms. The topological polar surface area (TPSA) is 120 Å². The van der Waals surface area contributed by atoms with E-state index in [-0.39, 0.29) is 24.1 Å². The molecule has 0 heterocycles. The van der Waals surface area contributed by atoms with Crippen molar-refractivity contribution in [1.29, 1.82) is 5.26 Å². The van der Waals surface area contributed by atoms with Crippen LogP contribution in [0, 0.1) is 21.4 Å². The van der Waals surface area contributed by atoms with Crippen molar-refractivity contribution in [2.45, 2.75) is 18.3 Å². The second-order valence-electron chi connectivity index (χ2n) is 4.39. The van der Waals surface area contributed by atoms with E-state index < -0.39 is 22.3 Å². The van der Waals surface area contributed by atoms with Gasteiger partial charge < -0.3 is 9.47 Å². The van der Waals surface area contributed by atoms with Gasteiger partial charge in [-0.3, -0.25) is 14.9 Å². The molecule has 0 aliphatic carbocycles. The number of benzene rings is 1. The van der Waals surface area contributed by atoms with Crippen molar-refractivity contribution in [3.63, 3.8) is 0 Å². The second kappa shape index (κ2) is 7.17. The molecule has 1 atom stereocenters. The highest BCUT2D eigenvalue weighted by molar-refractivity contribution is 5.87. The van der Waals surface area contributed by atoms with Crippen LogP contribution in [-0.4, -0.2) is 31.1 Å². The Balaban J connectivity index is 3.24. The number of nitrogens with zero attached hydrogens (tertiary/aromatic N) is 2. The summed E-state index contributed by atoms with van der Waals surface area (Å²) in [7, 11) is 2.32. The first-order chi connectivity index (χ1) is 10.4. The molecule has 8 nitrogen and oxygen atoms in total. The lowest BCUT2D eigenvalue weighted by molar-refractivity contribution is -0.384. The Morgan fingerprint density at radius 2 is 1.86 bits per heavy atom. The zero-order valence-electron chi connectivity index (χ0n) is 12.1. The van der Waals surface area contributed by atoms with E-state index in [0.29, 0.717) is 0 Å². The van der Waals surface area contributed by atoms with Gasteiger partial charge in [-0.2, -0.15) is 5.26 Å². The van der Waals surface area contributed by atoms with E-state index in [4.69, 9.17) is 0 Å². The predicted octanol–water partition coefficient (Wildman–Crippen LogP) is 1.48. The minimum atomic E-state index is -1.72. The Kier molecular flexibility index (Phi) is 5.57. The second-order valence-corrected chi connectivity index (χ2v) is 4.39. The summed E-state index contributed by atoms with van der Waals surface area (Å²) in [4.78, 5) is 33.4. The molecule has 0 amide bonds. The lowest BCUT2D eigenvalue weighted by atomic mass is 9.78. The van der Waals surface area contributed by atoms with Crippen LogP contribution in [0.1, 0.15) is 18.4 Å². The summed E-state index contributed by atoms with van der Waals surface area (Å²) < 4.78 is 9.16. The molecule has 0 radical (unpaired) electrons. The van der Waals surface area contributed by atoms with Crippen LogP contribution >= 0.6 is 0 Å². The molecule has 0 N–H and O–H groups in total. The maximum atomic E-state index is 12.1. The Labute approximate surface area is 126 Å². The van der Waals surface area contributed by atoms with Crippen molar-refractivity contribution in [1.82, 2.24) is 0 Å². The van der Waals surface area contributed by atoms with Gasteiger partial charge in [0.1, 0.15) is 0 Å².